The lowest BCUT2D eigenvalue weighted by atomic mass is 10.2. The lowest BCUT2D eigenvalue weighted by molar-refractivity contribution is 0.138. The second kappa shape index (κ2) is 7.82. The van der Waals surface area contributed by atoms with E-state index in [4.69, 9.17) is 39.5 Å². The van der Waals surface area contributed by atoms with Crippen LogP contribution in [-0.2, 0) is 20.6 Å². The van der Waals surface area contributed by atoms with Crippen molar-refractivity contribution in [1.29, 1.82) is 0 Å². The summed E-state index contributed by atoms with van der Waals surface area (Å²) in [5, 5.41) is 0.424. The zero-order chi connectivity index (χ0) is 15.3. The van der Waals surface area contributed by atoms with Gasteiger partial charge in [-0.15, -0.1) is 11.6 Å². The SMILES string of the molecule is CCOCCN(C)S(=O)(=O)c1cc(CCl)c(Cl)cc1Cl. The molecule has 0 radical (unpaired) electrons. The van der Waals surface area contributed by atoms with Crippen LogP contribution in [0.15, 0.2) is 17.0 Å². The van der Waals surface area contributed by atoms with E-state index >= 15 is 0 Å². The third-order valence-electron chi connectivity index (χ3n) is 2.69. The summed E-state index contributed by atoms with van der Waals surface area (Å²) in [6.07, 6.45) is 0. The summed E-state index contributed by atoms with van der Waals surface area (Å²) in [5.41, 5.74) is 0.523. The molecular formula is C12H16Cl3NO3S. The lowest BCUT2D eigenvalue weighted by Crippen LogP contribution is -2.30. The highest BCUT2D eigenvalue weighted by Crippen LogP contribution is 2.31. The molecule has 1 rings (SSSR count). The molecule has 0 aliphatic rings. The van der Waals surface area contributed by atoms with Gasteiger partial charge in [-0.05, 0) is 24.6 Å². The average molecular weight is 361 g/mol. The number of ether oxygens (including phenoxy) is 1. The molecule has 0 saturated carbocycles. The number of alkyl halides is 1. The van der Waals surface area contributed by atoms with Crippen molar-refractivity contribution in [2.45, 2.75) is 17.7 Å². The molecule has 0 aliphatic carbocycles. The van der Waals surface area contributed by atoms with Crippen molar-refractivity contribution in [2.24, 2.45) is 0 Å². The first kappa shape index (κ1) is 18.0. The number of rotatable bonds is 7. The van der Waals surface area contributed by atoms with Gasteiger partial charge in [0.1, 0.15) is 4.90 Å². The predicted octanol–water partition coefficient (Wildman–Crippen LogP) is 3.39. The summed E-state index contributed by atoms with van der Waals surface area (Å²) in [5.74, 6) is 0.112. The molecule has 1 aromatic carbocycles. The molecule has 114 valence electrons. The molecule has 0 amide bonds. The van der Waals surface area contributed by atoms with Crippen LogP contribution < -0.4 is 0 Å². The van der Waals surface area contributed by atoms with Gasteiger partial charge >= 0.3 is 0 Å². The summed E-state index contributed by atoms with van der Waals surface area (Å²) in [6, 6.07) is 2.80. The standard InChI is InChI=1S/C12H16Cl3NO3S/c1-3-19-5-4-16(2)20(17,18)12-6-9(8-13)10(14)7-11(12)15/h6-7H,3-5,8H2,1-2H3. The number of nitrogens with zero attached hydrogens (tertiary/aromatic N) is 1. The average Bonchev–Trinajstić information content (AvgIpc) is 2.38. The van der Waals surface area contributed by atoms with Gasteiger partial charge in [-0.3, -0.25) is 0 Å². The fourth-order valence-corrected chi connectivity index (χ4v) is 3.78. The Morgan fingerprint density at radius 3 is 2.45 bits per heavy atom. The highest BCUT2D eigenvalue weighted by molar-refractivity contribution is 7.89. The quantitative estimate of drug-likeness (QED) is 0.553. The maximum Gasteiger partial charge on any atom is 0.244 e. The first-order valence-electron chi connectivity index (χ1n) is 5.92. The smallest absolute Gasteiger partial charge is 0.244 e. The third kappa shape index (κ3) is 4.23. The third-order valence-corrected chi connectivity index (χ3v) is 5.65. The number of likely N-dealkylation sites (N-methyl/N-ethyl adjacent to an activating group) is 1. The van der Waals surface area contributed by atoms with E-state index in [9.17, 15) is 8.42 Å². The molecule has 0 atom stereocenters. The van der Waals surface area contributed by atoms with E-state index in [1.165, 1.54) is 23.5 Å². The molecule has 0 fully saturated rings. The zero-order valence-corrected chi connectivity index (χ0v) is 14.3. The Morgan fingerprint density at radius 2 is 1.90 bits per heavy atom. The van der Waals surface area contributed by atoms with Crippen LogP contribution in [0.1, 0.15) is 12.5 Å². The molecule has 4 nitrogen and oxygen atoms in total. The zero-order valence-electron chi connectivity index (χ0n) is 11.2. The van der Waals surface area contributed by atoms with Gasteiger partial charge in [0.25, 0.3) is 0 Å². The van der Waals surface area contributed by atoms with Gasteiger partial charge in [0, 0.05) is 31.1 Å². The predicted molar refractivity (Wildman–Crippen MR) is 82.3 cm³/mol. The fraction of sp³-hybridized carbons (Fsp3) is 0.500. The molecule has 0 unspecified atom stereocenters. The van der Waals surface area contributed by atoms with Gasteiger partial charge in [-0.25, -0.2) is 8.42 Å². The fourth-order valence-electron chi connectivity index (χ4n) is 1.50. The van der Waals surface area contributed by atoms with Crippen molar-refractivity contribution >= 4 is 44.8 Å². The molecule has 0 saturated heterocycles. The lowest BCUT2D eigenvalue weighted by Gasteiger charge is -2.18. The van der Waals surface area contributed by atoms with Crippen LogP contribution in [0.3, 0.4) is 0 Å². The van der Waals surface area contributed by atoms with Crippen molar-refractivity contribution in [3.63, 3.8) is 0 Å². The van der Waals surface area contributed by atoms with Gasteiger partial charge in [-0.2, -0.15) is 4.31 Å². The molecular weight excluding hydrogens is 345 g/mol. The number of halogens is 3. The second-order valence-corrected chi connectivity index (χ2v) is 7.13. The summed E-state index contributed by atoms with van der Waals surface area (Å²) < 4.78 is 31.2. The first-order chi connectivity index (χ1) is 9.34. The van der Waals surface area contributed by atoms with Gasteiger partial charge in [-0.1, -0.05) is 23.2 Å². The van der Waals surface area contributed by atoms with Crippen LogP contribution in [0.25, 0.3) is 0 Å². The molecule has 0 spiro atoms. The van der Waals surface area contributed by atoms with Gasteiger partial charge < -0.3 is 4.74 Å². The van der Waals surface area contributed by atoms with Crippen LogP contribution in [0.5, 0.6) is 0 Å². The largest absolute Gasteiger partial charge is 0.380 e. The Hall–Kier alpha value is -0.0400. The van der Waals surface area contributed by atoms with Gasteiger partial charge in [0.15, 0.2) is 0 Å². The minimum absolute atomic E-state index is 0.00165. The van der Waals surface area contributed by atoms with Gasteiger partial charge in [0.05, 0.1) is 11.6 Å². The minimum atomic E-state index is -3.70. The summed E-state index contributed by atoms with van der Waals surface area (Å²) in [6.45, 7) is 2.94. The summed E-state index contributed by atoms with van der Waals surface area (Å²) in [7, 11) is -2.22. The van der Waals surface area contributed by atoms with E-state index in [-0.39, 0.29) is 22.3 Å². The Balaban J connectivity index is 3.08. The van der Waals surface area contributed by atoms with Crippen molar-refractivity contribution < 1.29 is 13.2 Å². The van der Waals surface area contributed by atoms with Crippen LogP contribution in [0.4, 0.5) is 0 Å². The van der Waals surface area contributed by atoms with Crippen LogP contribution in [0.2, 0.25) is 10.0 Å². The van der Waals surface area contributed by atoms with Crippen molar-refractivity contribution in [3.8, 4) is 0 Å². The molecule has 0 aliphatic heterocycles. The Morgan fingerprint density at radius 1 is 1.25 bits per heavy atom. The number of benzene rings is 1. The Bertz CT molecular complexity index is 563. The molecule has 0 bridgehead atoms. The summed E-state index contributed by atoms with van der Waals surface area (Å²) >= 11 is 17.7. The number of sulfonamides is 1. The summed E-state index contributed by atoms with van der Waals surface area (Å²) in [4.78, 5) is -0.00165. The number of hydrogen-bond donors (Lipinski definition) is 0. The molecule has 0 heterocycles. The first-order valence-corrected chi connectivity index (χ1v) is 8.65. The highest BCUT2D eigenvalue weighted by Gasteiger charge is 2.24. The van der Waals surface area contributed by atoms with E-state index in [1.54, 1.807) is 0 Å². The molecule has 0 aromatic heterocycles. The van der Waals surface area contributed by atoms with E-state index in [0.29, 0.717) is 23.8 Å². The highest BCUT2D eigenvalue weighted by atomic mass is 35.5. The molecule has 8 heteroatoms. The topological polar surface area (TPSA) is 46.6 Å². The van der Waals surface area contributed by atoms with Crippen LogP contribution >= 0.6 is 34.8 Å². The van der Waals surface area contributed by atoms with E-state index in [0.717, 1.165) is 0 Å². The normalized spacial score (nSPS) is 12.1. The monoisotopic (exact) mass is 359 g/mol. The molecule has 0 N–H and O–H groups in total. The van der Waals surface area contributed by atoms with Crippen molar-refractivity contribution in [1.82, 2.24) is 4.31 Å². The Kier molecular flexibility index (Phi) is 7.04. The van der Waals surface area contributed by atoms with E-state index in [2.05, 4.69) is 0 Å². The maximum atomic E-state index is 12.4. The molecule has 20 heavy (non-hydrogen) atoms. The molecule has 1 aromatic rings. The van der Waals surface area contributed by atoms with E-state index < -0.39 is 10.0 Å². The number of hydrogen-bond acceptors (Lipinski definition) is 3. The van der Waals surface area contributed by atoms with Crippen molar-refractivity contribution in [2.75, 3.05) is 26.8 Å². The maximum absolute atomic E-state index is 12.4. The van der Waals surface area contributed by atoms with Crippen molar-refractivity contribution in [3.05, 3.63) is 27.7 Å². The Labute approximate surface area is 134 Å². The van der Waals surface area contributed by atoms with Gasteiger partial charge in [0.2, 0.25) is 10.0 Å². The van der Waals surface area contributed by atoms with Crippen LogP contribution in [0, 0.1) is 0 Å². The second-order valence-electron chi connectivity index (χ2n) is 4.03. The van der Waals surface area contributed by atoms with Crippen LogP contribution in [-0.4, -0.2) is 39.5 Å². The minimum Gasteiger partial charge on any atom is -0.380 e. The van der Waals surface area contributed by atoms with E-state index in [1.807, 2.05) is 6.92 Å².